The van der Waals surface area contributed by atoms with Crippen LogP contribution in [0.25, 0.3) is 10.8 Å². The van der Waals surface area contributed by atoms with E-state index in [1.807, 2.05) is 42.5 Å². The summed E-state index contributed by atoms with van der Waals surface area (Å²) in [6.07, 6.45) is 0.964. The third-order valence-corrected chi connectivity index (χ3v) is 3.66. The highest BCUT2D eigenvalue weighted by atomic mass is 16.6. The molecule has 0 saturated heterocycles. The summed E-state index contributed by atoms with van der Waals surface area (Å²) in [5.74, 6) is 0.352. The number of hydrogen-bond acceptors (Lipinski definition) is 3. The van der Waals surface area contributed by atoms with Crippen LogP contribution in [0.4, 0.5) is 0 Å². The third-order valence-electron chi connectivity index (χ3n) is 3.66. The summed E-state index contributed by atoms with van der Waals surface area (Å²) in [6.45, 7) is 6.59. The fraction of sp³-hybridized carbons (Fsp3) is 0.389. The fourth-order valence-corrected chi connectivity index (χ4v) is 1.82. The van der Waals surface area contributed by atoms with Crippen LogP contribution in [0.15, 0.2) is 42.5 Å². The molecule has 0 amide bonds. The molecule has 3 heteroatoms. The Bertz CT molecular complexity index is 617. The zero-order chi connectivity index (χ0) is 15.3. The summed E-state index contributed by atoms with van der Waals surface area (Å²) in [4.78, 5) is 11.7. The summed E-state index contributed by atoms with van der Waals surface area (Å²) in [6, 6.07) is 13.8. The Morgan fingerprint density at radius 1 is 1.10 bits per heavy atom. The van der Waals surface area contributed by atoms with Crippen molar-refractivity contribution in [1.82, 2.24) is 0 Å². The molecule has 0 spiro atoms. The smallest absolute Gasteiger partial charge is 0.344 e. The predicted molar refractivity (Wildman–Crippen MR) is 84.5 cm³/mol. The minimum atomic E-state index is -0.329. The van der Waals surface area contributed by atoms with Gasteiger partial charge in [0, 0.05) is 0 Å². The van der Waals surface area contributed by atoms with Crippen LogP contribution in [-0.4, -0.2) is 19.2 Å². The number of rotatable bonds is 6. The molecule has 0 heterocycles. The van der Waals surface area contributed by atoms with E-state index in [9.17, 15) is 4.79 Å². The SMILES string of the molecule is CCC(C)(C)COC(=O)COc1ccc2ccccc2c1. The number of carbonyl (C=O) groups excluding carboxylic acids is 1. The Morgan fingerprint density at radius 3 is 2.52 bits per heavy atom. The number of hydrogen-bond donors (Lipinski definition) is 0. The van der Waals surface area contributed by atoms with Crippen LogP contribution in [0.2, 0.25) is 0 Å². The Kier molecular flexibility index (Phi) is 4.84. The van der Waals surface area contributed by atoms with Crippen LogP contribution in [0.5, 0.6) is 5.75 Å². The van der Waals surface area contributed by atoms with Gasteiger partial charge in [0.2, 0.25) is 0 Å². The Hall–Kier alpha value is -2.03. The summed E-state index contributed by atoms with van der Waals surface area (Å²) < 4.78 is 10.7. The van der Waals surface area contributed by atoms with Gasteiger partial charge in [-0.25, -0.2) is 4.79 Å². The van der Waals surface area contributed by atoms with Crippen molar-refractivity contribution in [1.29, 1.82) is 0 Å². The molecule has 0 unspecified atom stereocenters. The molecule has 2 rings (SSSR count). The summed E-state index contributed by atoms with van der Waals surface area (Å²) in [5, 5.41) is 2.24. The van der Waals surface area contributed by atoms with Crippen molar-refractivity contribution in [2.24, 2.45) is 5.41 Å². The maximum atomic E-state index is 11.7. The molecule has 0 aromatic heterocycles. The lowest BCUT2D eigenvalue weighted by Gasteiger charge is -2.21. The van der Waals surface area contributed by atoms with Crippen molar-refractivity contribution in [2.75, 3.05) is 13.2 Å². The number of ether oxygens (including phenoxy) is 2. The van der Waals surface area contributed by atoms with Crippen molar-refractivity contribution in [3.05, 3.63) is 42.5 Å². The first-order valence-electron chi connectivity index (χ1n) is 7.27. The maximum absolute atomic E-state index is 11.7. The van der Waals surface area contributed by atoms with Crippen molar-refractivity contribution in [3.63, 3.8) is 0 Å². The van der Waals surface area contributed by atoms with Gasteiger partial charge in [-0.3, -0.25) is 0 Å². The van der Waals surface area contributed by atoms with Crippen LogP contribution in [0.3, 0.4) is 0 Å². The van der Waals surface area contributed by atoms with Crippen molar-refractivity contribution >= 4 is 16.7 Å². The maximum Gasteiger partial charge on any atom is 0.344 e. The van der Waals surface area contributed by atoms with E-state index < -0.39 is 0 Å². The van der Waals surface area contributed by atoms with Gasteiger partial charge in [0.05, 0.1) is 6.61 Å². The van der Waals surface area contributed by atoms with Crippen LogP contribution in [0.1, 0.15) is 27.2 Å². The van der Waals surface area contributed by atoms with Crippen LogP contribution >= 0.6 is 0 Å². The molecular weight excluding hydrogens is 264 g/mol. The minimum Gasteiger partial charge on any atom is -0.482 e. The number of benzene rings is 2. The fourth-order valence-electron chi connectivity index (χ4n) is 1.82. The van der Waals surface area contributed by atoms with Crippen molar-refractivity contribution in [3.8, 4) is 5.75 Å². The molecule has 112 valence electrons. The van der Waals surface area contributed by atoms with Crippen LogP contribution in [-0.2, 0) is 9.53 Å². The molecule has 0 atom stereocenters. The quantitative estimate of drug-likeness (QED) is 0.747. The molecule has 0 bridgehead atoms. The molecule has 21 heavy (non-hydrogen) atoms. The molecule has 0 aliphatic rings. The molecule has 2 aromatic rings. The molecule has 0 radical (unpaired) electrons. The first-order chi connectivity index (χ1) is 10.00. The second-order valence-corrected chi connectivity index (χ2v) is 5.98. The predicted octanol–water partition coefficient (Wildman–Crippen LogP) is 4.20. The van der Waals surface area contributed by atoms with E-state index in [1.54, 1.807) is 0 Å². The van der Waals surface area contributed by atoms with Gasteiger partial charge >= 0.3 is 5.97 Å². The summed E-state index contributed by atoms with van der Waals surface area (Å²) in [5.41, 5.74) is 0.0125. The van der Waals surface area contributed by atoms with Gasteiger partial charge in [0.15, 0.2) is 6.61 Å². The van der Waals surface area contributed by atoms with E-state index >= 15 is 0 Å². The van der Waals surface area contributed by atoms with Gasteiger partial charge in [-0.05, 0) is 34.7 Å². The van der Waals surface area contributed by atoms with Crippen molar-refractivity contribution < 1.29 is 14.3 Å². The molecule has 0 N–H and O–H groups in total. The Balaban J connectivity index is 1.88. The van der Waals surface area contributed by atoms with Gasteiger partial charge in [0.25, 0.3) is 0 Å². The van der Waals surface area contributed by atoms with E-state index in [0.29, 0.717) is 12.4 Å². The molecule has 0 fully saturated rings. The lowest BCUT2D eigenvalue weighted by atomic mass is 9.92. The van der Waals surface area contributed by atoms with E-state index in [-0.39, 0.29) is 18.0 Å². The molecule has 3 nitrogen and oxygen atoms in total. The largest absolute Gasteiger partial charge is 0.482 e. The van der Waals surface area contributed by atoms with Crippen molar-refractivity contribution in [2.45, 2.75) is 27.2 Å². The number of carbonyl (C=O) groups is 1. The zero-order valence-corrected chi connectivity index (χ0v) is 12.9. The number of esters is 1. The molecule has 0 aliphatic carbocycles. The average molecular weight is 286 g/mol. The molecule has 0 aliphatic heterocycles. The zero-order valence-electron chi connectivity index (χ0n) is 12.9. The normalized spacial score (nSPS) is 11.4. The monoisotopic (exact) mass is 286 g/mol. The van der Waals surface area contributed by atoms with E-state index in [4.69, 9.17) is 9.47 Å². The van der Waals surface area contributed by atoms with Gasteiger partial charge in [-0.1, -0.05) is 51.1 Å². The lowest BCUT2D eigenvalue weighted by molar-refractivity contribution is -0.149. The number of fused-ring (bicyclic) bond motifs is 1. The van der Waals surface area contributed by atoms with Gasteiger partial charge < -0.3 is 9.47 Å². The van der Waals surface area contributed by atoms with Gasteiger partial charge in [0.1, 0.15) is 5.75 Å². The van der Waals surface area contributed by atoms with E-state index in [1.165, 1.54) is 0 Å². The van der Waals surface area contributed by atoms with E-state index in [2.05, 4.69) is 20.8 Å². The van der Waals surface area contributed by atoms with Gasteiger partial charge in [-0.2, -0.15) is 0 Å². The summed E-state index contributed by atoms with van der Waals surface area (Å²) in [7, 11) is 0. The Morgan fingerprint density at radius 2 is 1.81 bits per heavy atom. The second kappa shape index (κ2) is 6.61. The standard InChI is InChI=1S/C18H22O3/c1-4-18(2,3)13-21-17(19)12-20-16-10-9-14-7-5-6-8-15(14)11-16/h5-11H,4,12-13H2,1-3H3. The second-order valence-electron chi connectivity index (χ2n) is 5.98. The van der Waals surface area contributed by atoms with E-state index in [0.717, 1.165) is 17.2 Å². The first kappa shape index (κ1) is 15.4. The molecular formula is C18H22O3. The molecule has 2 aromatic carbocycles. The van der Waals surface area contributed by atoms with Gasteiger partial charge in [-0.15, -0.1) is 0 Å². The highest BCUT2D eigenvalue weighted by molar-refractivity contribution is 5.83. The Labute approximate surface area is 125 Å². The first-order valence-corrected chi connectivity index (χ1v) is 7.27. The van der Waals surface area contributed by atoms with Crippen LogP contribution < -0.4 is 4.74 Å². The topological polar surface area (TPSA) is 35.5 Å². The highest BCUT2D eigenvalue weighted by Gasteiger charge is 2.17. The highest BCUT2D eigenvalue weighted by Crippen LogP contribution is 2.21. The lowest BCUT2D eigenvalue weighted by Crippen LogP contribution is -2.24. The molecule has 0 saturated carbocycles. The third kappa shape index (κ3) is 4.48. The summed E-state index contributed by atoms with van der Waals surface area (Å²) >= 11 is 0. The average Bonchev–Trinajstić information content (AvgIpc) is 2.51. The van der Waals surface area contributed by atoms with Crippen LogP contribution in [0, 0.1) is 5.41 Å². The minimum absolute atomic E-state index is 0.0125.